The molecule has 2 rings (SSSR count). The molecule has 0 bridgehead atoms. The Morgan fingerprint density at radius 2 is 1.77 bits per heavy atom. The van der Waals surface area contributed by atoms with E-state index < -0.39 is 24.5 Å². The first kappa shape index (κ1) is 22.8. The van der Waals surface area contributed by atoms with Crippen molar-refractivity contribution in [3.8, 4) is 0 Å². The lowest BCUT2D eigenvalue weighted by atomic mass is 10.2. The van der Waals surface area contributed by atoms with Crippen LogP contribution in [-0.4, -0.2) is 43.5 Å². The molecule has 0 aliphatic carbocycles. The van der Waals surface area contributed by atoms with E-state index in [4.69, 9.17) is 9.47 Å². The third-order valence-electron chi connectivity index (χ3n) is 3.61. The molecule has 1 aromatic heterocycles. The summed E-state index contributed by atoms with van der Waals surface area (Å²) in [5.74, 6) is -2.03. The van der Waals surface area contributed by atoms with Crippen LogP contribution in [0.25, 0.3) is 6.08 Å². The van der Waals surface area contributed by atoms with Gasteiger partial charge in [-0.15, -0.1) is 11.3 Å². The van der Waals surface area contributed by atoms with Crippen LogP contribution in [-0.2, 0) is 23.9 Å². The Bertz CT molecular complexity index is 933. The molecule has 8 nitrogen and oxygen atoms in total. The number of benzene rings is 1. The number of nitrogens with one attached hydrogen (secondary N) is 2. The lowest BCUT2D eigenvalue weighted by molar-refractivity contribution is -0.146. The summed E-state index contributed by atoms with van der Waals surface area (Å²) in [5, 5.41) is 5.03. The quantitative estimate of drug-likeness (QED) is 0.467. The first-order valence-electron chi connectivity index (χ1n) is 9.12. The van der Waals surface area contributed by atoms with E-state index in [1.54, 1.807) is 43.3 Å². The number of amides is 2. The summed E-state index contributed by atoms with van der Waals surface area (Å²) in [4.78, 5) is 48.2. The van der Waals surface area contributed by atoms with Gasteiger partial charge in [-0.2, -0.15) is 0 Å². The van der Waals surface area contributed by atoms with Gasteiger partial charge in [-0.3, -0.25) is 14.4 Å². The largest absolute Gasteiger partial charge is 0.463 e. The highest BCUT2D eigenvalue weighted by atomic mass is 32.1. The predicted octanol–water partition coefficient (Wildman–Crippen LogP) is 2.54. The summed E-state index contributed by atoms with van der Waals surface area (Å²) in [6.45, 7) is 3.10. The van der Waals surface area contributed by atoms with E-state index in [0.717, 1.165) is 10.4 Å². The van der Waals surface area contributed by atoms with E-state index in [-0.39, 0.29) is 12.5 Å². The fourth-order valence-corrected chi connectivity index (χ4v) is 3.01. The normalized spacial score (nSPS) is 10.5. The molecule has 0 fully saturated rings. The molecule has 158 valence electrons. The molecule has 1 aromatic carbocycles. The number of hydrogen-bond donors (Lipinski definition) is 2. The molecule has 0 saturated carbocycles. The van der Waals surface area contributed by atoms with Crippen molar-refractivity contribution >= 4 is 46.9 Å². The van der Waals surface area contributed by atoms with Gasteiger partial charge in [-0.1, -0.05) is 12.1 Å². The van der Waals surface area contributed by atoms with Crippen molar-refractivity contribution in [1.82, 2.24) is 5.32 Å². The maximum Gasteiger partial charge on any atom is 0.330 e. The van der Waals surface area contributed by atoms with E-state index in [0.29, 0.717) is 17.2 Å². The van der Waals surface area contributed by atoms with Gasteiger partial charge in [-0.25, -0.2) is 4.79 Å². The Labute approximate surface area is 177 Å². The van der Waals surface area contributed by atoms with E-state index in [2.05, 4.69) is 10.6 Å². The zero-order valence-corrected chi connectivity index (χ0v) is 17.4. The van der Waals surface area contributed by atoms with Gasteiger partial charge in [0.25, 0.3) is 11.8 Å². The van der Waals surface area contributed by atoms with Gasteiger partial charge in [-0.05, 0) is 49.8 Å². The first-order valence-corrected chi connectivity index (χ1v) is 9.94. The summed E-state index contributed by atoms with van der Waals surface area (Å²) in [7, 11) is 0. The smallest absolute Gasteiger partial charge is 0.330 e. The zero-order chi connectivity index (χ0) is 21.9. The first-order chi connectivity index (χ1) is 14.4. The van der Waals surface area contributed by atoms with Gasteiger partial charge in [0.2, 0.25) is 0 Å². The third kappa shape index (κ3) is 7.88. The summed E-state index contributed by atoms with van der Waals surface area (Å²) in [6.07, 6.45) is 2.91. The molecule has 0 atom stereocenters. The molecule has 2 N–H and O–H groups in total. The topological polar surface area (TPSA) is 111 Å². The minimum absolute atomic E-state index is 0.305. The number of aryl methyl sites for hydroxylation is 1. The van der Waals surface area contributed by atoms with Crippen LogP contribution < -0.4 is 10.6 Å². The van der Waals surface area contributed by atoms with Gasteiger partial charge >= 0.3 is 11.9 Å². The van der Waals surface area contributed by atoms with Crippen LogP contribution in [0.4, 0.5) is 5.69 Å². The second kappa shape index (κ2) is 11.5. The minimum Gasteiger partial charge on any atom is -0.463 e. The van der Waals surface area contributed by atoms with Crippen molar-refractivity contribution in [2.45, 2.75) is 13.8 Å². The van der Waals surface area contributed by atoms with Crippen molar-refractivity contribution in [2.24, 2.45) is 0 Å². The summed E-state index contributed by atoms with van der Waals surface area (Å²) in [6, 6.07) is 10.2. The number of carbonyl (C=O) groups is 4. The highest BCUT2D eigenvalue weighted by molar-refractivity contribution is 7.13. The van der Waals surface area contributed by atoms with Crippen molar-refractivity contribution in [3.05, 3.63) is 57.8 Å². The maximum atomic E-state index is 11.9. The summed E-state index contributed by atoms with van der Waals surface area (Å²) >= 11 is 1.32. The van der Waals surface area contributed by atoms with Crippen LogP contribution in [0.2, 0.25) is 0 Å². The minimum atomic E-state index is -0.716. The standard InChI is InChI=1S/C21H22N2O6S/c1-3-28-19(25)11-7-15-5-8-16(9-6-15)23-18(24)13-29-20(26)12-22-21(27)17-10-4-14(2)30-17/h4-11H,3,12-13H2,1-2H3,(H,22,27)(H,23,24)/b11-7+. The molecule has 30 heavy (non-hydrogen) atoms. The molecule has 2 aromatic rings. The van der Waals surface area contributed by atoms with E-state index in [1.165, 1.54) is 17.4 Å². The zero-order valence-electron chi connectivity index (χ0n) is 16.6. The van der Waals surface area contributed by atoms with Gasteiger partial charge in [0.15, 0.2) is 6.61 Å². The third-order valence-corrected chi connectivity index (χ3v) is 4.61. The van der Waals surface area contributed by atoms with Crippen LogP contribution >= 0.6 is 11.3 Å². The summed E-state index contributed by atoms with van der Waals surface area (Å²) < 4.78 is 9.65. The predicted molar refractivity (Wildman–Crippen MR) is 113 cm³/mol. The molecular weight excluding hydrogens is 408 g/mol. The average Bonchev–Trinajstić information content (AvgIpc) is 3.16. The van der Waals surface area contributed by atoms with Crippen molar-refractivity contribution in [2.75, 3.05) is 25.1 Å². The fourth-order valence-electron chi connectivity index (χ4n) is 2.22. The van der Waals surface area contributed by atoms with Crippen LogP contribution in [0, 0.1) is 6.92 Å². The van der Waals surface area contributed by atoms with Gasteiger partial charge < -0.3 is 20.1 Å². The SMILES string of the molecule is CCOC(=O)/C=C/c1ccc(NC(=O)COC(=O)CNC(=O)c2ccc(C)s2)cc1. The molecule has 0 saturated heterocycles. The molecule has 0 unspecified atom stereocenters. The number of thiophene rings is 1. The number of esters is 2. The van der Waals surface area contributed by atoms with Crippen molar-refractivity contribution in [1.29, 1.82) is 0 Å². The van der Waals surface area contributed by atoms with Crippen LogP contribution in [0.15, 0.2) is 42.5 Å². The Balaban J connectivity index is 1.71. The Morgan fingerprint density at radius 1 is 1.03 bits per heavy atom. The van der Waals surface area contributed by atoms with Crippen molar-refractivity contribution in [3.63, 3.8) is 0 Å². The number of anilines is 1. The van der Waals surface area contributed by atoms with Gasteiger partial charge in [0.05, 0.1) is 11.5 Å². The average molecular weight is 430 g/mol. The summed E-state index contributed by atoms with van der Waals surface area (Å²) in [5.41, 5.74) is 1.26. The molecule has 0 radical (unpaired) electrons. The fraction of sp³-hybridized carbons (Fsp3) is 0.238. The van der Waals surface area contributed by atoms with Gasteiger partial charge in [0.1, 0.15) is 6.54 Å². The number of ether oxygens (including phenoxy) is 2. The Hall–Kier alpha value is -3.46. The molecule has 1 heterocycles. The molecule has 9 heteroatoms. The Kier molecular flexibility index (Phi) is 8.76. The number of carbonyl (C=O) groups excluding carboxylic acids is 4. The highest BCUT2D eigenvalue weighted by Crippen LogP contribution is 2.14. The lowest BCUT2D eigenvalue weighted by Gasteiger charge is -2.07. The van der Waals surface area contributed by atoms with E-state index >= 15 is 0 Å². The molecular formula is C21H22N2O6S. The second-order valence-corrected chi connectivity index (χ2v) is 7.30. The van der Waals surface area contributed by atoms with E-state index in [9.17, 15) is 19.2 Å². The van der Waals surface area contributed by atoms with Crippen molar-refractivity contribution < 1.29 is 28.7 Å². The van der Waals surface area contributed by atoms with E-state index in [1.807, 2.05) is 13.0 Å². The number of rotatable bonds is 9. The Morgan fingerprint density at radius 3 is 2.40 bits per heavy atom. The van der Waals surface area contributed by atoms with Crippen LogP contribution in [0.3, 0.4) is 0 Å². The molecule has 0 aliphatic heterocycles. The highest BCUT2D eigenvalue weighted by Gasteiger charge is 2.12. The second-order valence-electron chi connectivity index (χ2n) is 6.01. The van der Waals surface area contributed by atoms with Gasteiger partial charge in [0, 0.05) is 16.6 Å². The molecule has 2 amide bonds. The number of hydrogen-bond acceptors (Lipinski definition) is 7. The van der Waals surface area contributed by atoms with Crippen LogP contribution in [0.1, 0.15) is 27.0 Å². The molecule has 0 spiro atoms. The van der Waals surface area contributed by atoms with Crippen LogP contribution in [0.5, 0.6) is 0 Å². The lowest BCUT2D eigenvalue weighted by Crippen LogP contribution is -2.31. The monoisotopic (exact) mass is 430 g/mol. The molecule has 0 aliphatic rings. The maximum absolute atomic E-state index is 11.9.